The summed E-state index contributed by atoms with van der Waals surface area (Å²) in [5.41, 5.74) is 4.26. The largest absolute Gasteiger partial charge is 0.457 e. The minimum Gasteiger partial charge on any atom is -0.457 e. The van der Waals surface area contributed by atoms with E-state index < -0.39 is 8.07 Å². The number of thiophene rings is 1. The van der Waals surface area contributed by atoms with Gasteiger partial charge < -0.3 is 4.74 Å². The Morgan fingerprint density at radius 3 is 2.04 bits per heavy atom. The summed E-state index contributed by atoms with van der Waals surface area (Å²) in [5.74, 6) is 2.37. The molecule has 0 fully saturated rings. The number of fused-ring (bicyclic) bond motifs is 12. The molecule has 11 aromatic rings. The first kappa shape index (κ1) is 32.2. The summed E-state index contributed by atoms with van der Waals surface area (Å²) < 4.78 is 11.6. The third-order valence-corrected chi connectivity index (χ3v) is 17.6. The van der Waals surface area contributed by atoms with E-state index in [2.05, 4.69) is 179 Å². The van der Waals surface area contributed by atoms with E-state index >= 15 is 0 Å². The number of aromatic nitrogens is 3. The zero-order valence-corrected chi connectivity index (χ0v) is 32.4. The summed E-state index contributed by atoms with van der Waals surface area (Å²) in [6, 6.07) is 63.7. The first-order valence-electron chi connectivity index (χ1n) is 19.1. The average molecular weight is 765 g/mol. The summed E-state index contributed by atoms with van der Waals surface area (Å²) >= 11 is 1.87. The van der Waals surface area contributed by atoms with Crippen molar-refractivity contribution in [1.82, 2.24) is 14.4 Å². The third-order valence-electron chi connectivity index (χ3n) is 11.6. The second-order valence-electron chi connectivity index (χ2n) is 14.6. The number of nitrogens with zero attached hydrogens (tertiary/aromatic N) is 4. The molecule has 4 aromatic heterocycles. The fourth-order valence-electron chi connectivity index (χ4n) is 9.34. The van der Waals surface area contributed by atoms with Gasteiger partial charge in [-0.3, -0.25) is 9.30 Å². The highest BCUT2D eigenvalue weighted by Gasteiger charge is 2.50. The van der Waals surface area contributed by atoms with Crippen molar-refractivity contribution < 1.29 is 4.74 Å². The highest BCUT2D eigenvalue weighted by molar-refractivity contribution is 7.28. The molecule has 0 aliphatic carbocycles. The van der Waals surface area contributed by atoms with Gasteiger partial charge in [-0.2, -0.15) is 0 Å². The molecule has 0 saturated heterocycles. The van der Waals surface area contributed by atoms with E-state index in [4.69, 9.17) is 14.7 Å². The van der Waals surface area contributed by atoms with Gasteiger partial charge >= 0.3 is 0 Å². The van der Waals surface area contributed by atoms with Crippen LogP contribution in [0.2, 0.25) is 0 Å². The van der Waals surface area contributed by atoms with Crippen LogP contribution in [0.4, 0.5) is 17.2 Å². The Balaban J connectivity index is 1.14. The Labute approximate surface area is 333 Å². The van der Waals surface area contributed by atoms with Crippen LogP contribution in [0.1, 0.15) is 0 Å². The van der Waals surface area contributed by atoms with Gasteiger partial charge in [-0.1, -0.05) is 109 Å². The predicted molar refractivity (Wildman–Crippen MR) is 239 cm³/mol. The van der Waals surface area contributed by atoms with Crippen LogP contribution < -0.4 is 30.4 Å². The zero-order chi connectivity index (χ0) is 37.5. The van der Waals surface area contributed by atoms with Gasteiger partial charge in [0.15, 0.2) is 8.07 Å². The predicted octanol–water partition coefficient (Wildman–Crippen LogP) is 10.4. The molecule has 0 unspecified atom stereocenters. The van der Waals surface area contributed by atoms with Gasteiger partial charge in [0.05, 0.1) is 11.2 Å². The normalized spacial score (nSPS) is 13.4. The zero-order valence-electron chi connectivity index (χ0n) is 30.6. The number of pyridine rings is 2. The lowest BCUT2D eigenvalue weighted by molar-refractivity contribution is 0.484. The van der Waals surface area contributed by atoms with Crippen molar-refractivity contribution in [3.05, 3.63) is 195 Å². The van der Waals surface area contributed by atoms with Gasteiger partial charge in [0.2, 0.25) is 0 Å². The quantitative estimate of drug-likeness (QED) is 0.129. The Morgan fingerprint density at radius 1 is 0.509 bits per heavy atom. The van der Waals surface area contributed by atoms with Gasteiger partial charge in [0, 0.05) is 61.3 Å². The van der Waals surface area contributed by atoms with E-state index in [0.717, 1.165) is 50.6 Å². The Morgan fingerprint density at radius 2 is 1.23 bits per heavy atom. The lowest BCUT2D eigenvalue weighted by Gasteiger charge is -2.45. The van der Waals surface area contributed by atoms with Gasteiger partial charge in [0.25, 0.3) is 0 Å². The summed E-state index contributed by atoms with van der Waals surface area (Å²) in [7, 11) is -3.03. The van der Waals surface area contributed by atoms with Crippen molar-refractivity contribution in [2.75, 3.05) is 4.90 Å². The molecule has 5 heterocycles. The number of hydrogen-bond acceptors (Lipinski definition) is 5. The monoisotopic (exact) mass is 764 g/mol. The minimum absolute atomic E-state index is 0.753. The smallest absolute Gasteiger partial charge is 0.184 e. The van der Waals surface area contributed by atoms with Crippen molar-refractivity contribution in [2.24, 2.45) is 0 Å². The highest BCUT2D eigenvalue weighted by atomic mass is 32.1. The van der Waals surface area contributed by atoms with Crippen LogP contribution >= 0.6 is 11.3 Å². The van der Waals surface area contributed by atoms with Gasteiger partial charge in [-0.25, -0.2) is 9.97 Å². The molecule has 0 radical (unpaired) electrons. The Bertz CT molecular complexity index is 3310. The van der Waals surface area contributed by atoms with E-state index in [1.165, 1.54) is 46.3 Å². The summed E-state index contributed by atoms with van der Waals surface area (Å²) in [6.07, 6.45) is 5.78. The summed E-state index contributed by atoms with van der Waals surface area (Å²) in [5, 5.41) is 11.3. The number of anilines is 3. The van der Waals surface area contributed by atoms with E-state index in [0.29, 0.717) is 0 Å². The molecule has 0 amide bonds. The molecule has 268 valence electrons. The molecule has 0 bridgehead atoms. The molecule has 1 aliphatic rings. The Hall–Kier alpha value is -7.06. The minimum atomic E-state index is -3.03. The van der Waals surface area contributed by atoms with E-state index in [1.807, 2.05) is 36.0 Å². The maximum atomic E-state index is 6.89. The van der Waals surface area contributed by atoms with Crippen molar-refractivity contribution in [3.63, 3.8) is 0 Å². The lowest BCUT2D eigenvalue weighted by Crippen LogP contribution is -2.77. The van der Waals surface area contributed by atoms with Crippen molar-refractivity contribution in [3.8, 4) is 11.5 Å². The van der Waals surface area contributed by atoms with E-state index in [9.17, 15) is 0 Å². The van der Waals surface area contributed by atoms with Crippen molar-refractivity contribution in [2.45, 2.75) is 0 Å². The summed E-state index contributed by atoms with van der Waals surface area (Å²) in [4.78, 5) is 12.2. The molecule has 5 nitrogen and oxygen atoms in total. The molecular weight excluding hydrogens is 733 g/mol. The van der Waals surface area contributed by atoms with Crippen LogP contribution in [0.5, 0.6) is 11.5 Å². The van der Waals surface area contributed by atoms with Gasteiger partial charge in [-0.15, -0.1) is 11.3 Å². The topological polar surface area (TPSA) is 42.7 Å². The van der Waals surface area contributed by atoms with E-state index in [1.54, 1.807) is 0 Å². The molecule has 0 atom stereocenters. The fraction of sp³-hybridized carbons (Fsp3) is 0. The molecule has 0 spiro atoms. The maximum absolute atomic E-state index is 6.89. The molecular formula is C50H32N4OSSi. The van der Waals surface area contributed by atoms with Crippen LogP contribution in [-0.2, 0) is 0 Å². The highest BCUT2D eigenvalue weighted by Crippen LogP contribution is 2.44. The first-order chi connectivity index (χ1) is 28.3. The van der Waals surface area contributed by atoms with Gasteiger partial charge in [-0.05, 0) is 86.8 Å². The standard InChI is InChI=1S/C50H32N4OSSi/c1-3-13-35(14-4-1)57(36-15-5-2-6-16-36)46-27-23-34(55-33-22-24-37-38-17-7-9-19-41(38)53-30-29-52-50(53)40(37)31-33)32-43(46)54(47-21-11-12-28-51-47)42-25-26-45-48(49(42)57)39-18-8-10-20-44(39)56-45/h1-32H. The van der Waals surface area contributed by atoms with Crippen LogP contribution in [0.15, 0.2) is 195 Å². The molecule has 12 rings (SSSR count). The first-order valence-corrected chi connectivity index (χ1v) is 22.0. The third kappa shape index (κ3) is 4.67. The number of rotatable bonds is 5. The number of para-hydroxylation sites is 1. The van der Waals surface area contributed by atoms with Crippen LogP contribution in [0.3, 0.4) is 0 Å². The fourth-order valence-corrected chi connectivity index (χ4v) is 15.9. The number of ether oxygens (including phenoxy) is 1. The average Bonchev–Trinajstić information content (AvgIpc) is 3.93. The van der Waals surface area contributed by atoms with Crippen LogP contribution in [0.25, 0.3) is 47.5 Å². The Kier molecular flexibility index (Phi) is 7.05. The van der Waals surface area contributed by atoms with Gasteiger partial charge in [0.1, 0.15) is 23.0 Å². The molecule has 1 aliphatic heterocycles. The van der Waals surface area contributed by atoms with E-state index in [-0.39, 0.29) is 0 Å². The number of benzene rings is 7. The SMILES string of the molecule is c1ccc([Si]2(c3ccccc3)c3ccc(Oc4ccc5c6ccccc6n6ccnc6c5c4)cc3N(c3ccccn3)c3ccc4sc5ccccc5c4c32)cc1. The van der Waals surface area contributed by atoms with Crippen LogP contribution in [-0.4, -0.2) is 22.4 Å². The second-order valence-corrected chi connectivity index (χ2v) is 19.3. The molecule has 7 aromatic carbocycles. The summed E-state index contributed by atoms with van der Waals surface area (Å²) in [6.45, 7) is 0. The van der Waals surface area contributed by atoms with Crippen molar-refractivity contribution in [1.29, 1.82) is 0 Å². The van der Waals surface area contributed by atoms with Crippen molar-refractivity contribution >= 4 is 105 Å². The van der Waals surface area contributed by atoms with Crippen LogP contribution in [0, 0.1) is 0 Å². The maximum Gasteiger partial charge on any atom is 0.184 e. The lowest BCUT2D eigenvalue weighted by atomic mass is 10.1. The molecule has 7 heteroatoms. The molecule has 57 heavy (non-hydrogen) atoms. The number of imidazole rings is 1. The molecule has 0 N–H and O–H groups in total. The molecule has 0 saturated carbocycles. The second kappa shape index (κ2) is 12.5. The number of hydrogen-bond donors (Lipinski definition) is 0.